The van der Waals surface area contributed by atoms with Gasteiger partial charge in [0, 0.05) is 58.0 Å². The Kier molecular flexibility index (Phi) is 17.9. The van der Waals surface area contributed by atoms with E-state index in [4.69, 9.17) is 5.11 Å². The Morgan fingerprint density at radius 3 is 1.80 bits per heavy atom. The molecule has 0 aromatic carbocycles. The van der Waals surface area contributed by atoms with Crippen LogP contribution in [0.15, 0.2) is 0 Å². The van der Waals surface area contributed by atoms with Crippen molar-refractivity contribution in [2.45, 2.75) is 13.3 Å². The number of hydrogen-bond acceptors (Lipinski definition) is 1. The molecule has 1 radical (unpaired) electrons. The molecule has 5 heavy (non-hydrogen) atoms. The minimum atomic E-state index is 0. The Labute approximate surface area is 75.2 Å². The van der Waals surface area contributed by atoms with E-state index in [-0.39, 0.29) is 51.4 Å². The molecule has 27 valence electrons. The molecule has 0 saturated carbocycles. The van der Waals surface area contributed by atoms with E-state index in [1.165, 1.54) is 0 Å². The van der Waals surface area contributed by atoms with E-state index in [2.05, 4.69) is 0 Å². The molecule has 0 fully saturated rings. The molecule has 1 N–H and O–H groups in total. The van der Waals surface area contributed by atoms with Crippen LogP contribution in [-0.2, 0) is 0 Å². The monoisotopic (exact) mass is 99.0 g/mol. The van der Waals surface area contributed by atoms with Gasteiger partial charge < -0.3 is 5.11 Å². The van der Waals surface area contributed by atoms with E-state index in [9.17, 15) is 0 Å². The average Bonchev–Trinajstić information content (AvgIpc) is 1.37. The second-order valence-corrected chi connectivity index (χ2v) is 0.724. The third-order valence-corrected chi connectivity index (χ3v) is 0.224. The first-order valence-electron chi connectivity index (χ1n) is 1.52. The molecule has 0 amide bonds. The fourth-order valence-corrected chi connectivity index (χ4v) is 0. The minimum absolute atomic E-state index is 0. The van der Waals surface area contributed by atoms with Crippen LogP contribution < -0.4 is 0 Å². The van der Waals surface area contributed by atoms with Crippen LogP contribution in [0.2, 0.25) is 0 Å². The van der Waals surface area contributed by atoms with Crippen molar-refractivity contribution in [2.24, 2.45) is 0 Å². The zero-order valence-corrected chi connectivity index (χ0v) is 6.98. The molecular weight excluding hydrogens is 91.1 g/mol. The summed E-state index contributed by atoms with van der Waals surface area (Å²) < 4.78 is 0. The van der Waals surface area contributed by atoms with Gasteiger partial charge in [0.2, 0.25) is 0 Å². The van der Waals surface area contributed by atoms with Gasteiger partial charge in [-0.2, -0.15) is 0 Å². The molecule has 0 unspecified atom stereocenters. The zero-order chi connectivity index (χ0) is 3.41. The molecule has 0 atom stereocenters. The smallest absolute Gasteiger partial charge is 0.0428 e. The molecule has 0 saturated heterocycles. The summed E-state index contributed by atoms with van der Waals surface area (Å²) in [6.45, 7) is 2.25. The molecule has 2 heteroatoms. The molecule has 0 aliphatic carbocycles. The third-order valence-electron chi connectivity index (χ3n) is 0.224. The van der Waals surface area contributed by atoms with Gasteiger partial charge in [0.1, 0.15) is 0 Å². The maximum Gasteiger partial charge on any atom is 0.0428 e. The van der Waals surface area contributed by atoms with Gasteiger partial charge in [-0.1, -0.05) is 6.92 Å². The van der Waals surface area contributed by atoms with Crippen molar-refractivity contribution >= 4 is 51.4 Å². The summed E-state index contributed by atoms with van der Waals surface area (Å²) in [6.07, 6.45) is 0.875. The molecule has 1 nitrogen and oxygen atoms in total. The van der Waals surface area contributed by atoms with Gasteiger partial charge in [-0.3, -0.25) is 0 Å². The Balaban J connectivity index is 0. The van der Waals surface area contributed by atoms with Crippen LogP contribution in [-0.4, -0.2) is 63.1 Å². The summed E-state index contributed by atoms with van der Waals surface area (Å²) in [7, 11) is 0. The minimum Gasteiger partial charge on any atom is -0.396 e. The summed E-state index contributed by atoms with van der Waals surface area (Å²) in [6, 6.07) is 0. The van der Waals surface area contributed by atoms with Crippen molar-refractivity contribution in [3.63, 3.8) is 0 Å². The summed E-state index contributed by atoms with van der Waals surface area (Å²) in [5.41, 5.74) is 0. The summed E-state index contributed by atoms with van der Waals surface area (Å²) in [4.78, 5) is 0. The standard InChI is InChI=1S/C3H8O.K/c1-2-3-4;/h4H,2-3H2,1H3;. The van der Waals surface area contributed by atoms with Crippen LogP contribution in [0.3, 0.4) is 0 Å². The molecule has 0 aromatic heterocycles. The third kappa shape index (κ3) is 10.7. The average molecular weight is 99.2 g/mol. The van der Waals surface area contributed by atoms with Crippen LogP contribution >= 0.6 is 0 Å². The van der Waals surface area contributed by atoms with Gasteiger partial charge in [0.15, 0.2) is 0 Å². The van der Waals surface area contributed by atoms with E-state index < -0.39 is 0 Å². The van der Waals surface area contributed by atoms with Crippen molar-refractivity contribution in [3.8, 4) is 0 Å². The molecule has 0 heterocycles. The van der Waals surface area contributed by atoms with E-state index in [1.807, 2.05) is 6.92 Å². The first kappa shape index (κ1) is 9.78. The number of aliphatic hydroxyl groups excluding tert-OH is 1. The second-order valence-electron chi connectivity index (χ2n) is 0.724. The van der Waals surface area contributed by atoms with Crippen molar-refractivity contribution in [1.82, 2.24) is 0 Å². The molecule has 0 aromatic rings. The number of aliphatic hydroxyl groups is 1. The Hall–Kier alpha value is 1.60. The topological polar surface area (TPSA) is 20.2 Å². The van der Waals surface area contributed by atoms with E-state index in [0.29, 0.717) is 6.61 Å². The van der Waals surface area contributed by atoms with Crippen molar-refractivity contribution < 1.29 is 5.11 Å². The maximum absolute atomic E-state index is 7.88. The van der Waals surface area contributed by atoms with Crippen LogP contribution in [0.4, 0.5) is 0 Å². The van der Waals surface area contributed by atoms with Crippen LogP contribution in [0.1, 0.15) is 13.3 Å². The van der Waals surface area contributed by atoms with Gasteiger partial charge in [-0.05, 0) is 6.42 Å². The number of rotatable bonds is 1. The SMILES string of the molecule is CCCO.[K]. The Bertz CT molecular complexity index is 8.85. The summed E-state index contributed by atoms with van der Waals surface area (Å²) >= 11 is 0. The van der Waals surface area contributed by atoms with E-state index >= 15 is 0 Å². The van der Waals surface area contributed by atoms with E-state index in [0.717, 1.165) is 6.42 Å². The predicted molar refractivity (Wildman–Crippen MR) is 23.1 cm³/mol. The van der Waals surface area contributed by atoms with E-state index in [1.54, 1.807) is 0 Å². The van der Waals surface area contributed by atoms with Crippen LogP contribution in [0.25, 0.3) is 0 Å². The zero-order valence-electron chi connectivity index (χ0n) is 3.86. The molecule has 0 aliphatic heterocycles. The quantitative estimate of drug-likeness (QED) is 0.459. The first-order chi connectivity index (χ1) is 1.91. The molecular formula is C3H8KO. The van der Waals surface area contributed by atoms with Gasteiger partial charge in [-0.25, -0.2) is 0 Å². The van der Waals surface area contributed by atoms with Gasteiger partial charge >= 0.3 is 0 Å². The molecule has 0 bridgehead atoms. The summed E-state index contributed by atoms with van der Waals surface area (Å²) in [5, 5.41) is 7.88. The van der Waals surface area contributed by atoms with Gasteiger partial charge in [-0.15, -0.1) is 0 Å². The number of hydrogen-bond donors (Lipinski definition) is 1. The van der Waals surface area contributed by atoms with Gasteiger partial charge in [0.25, 0.3) is 0 Å². The van der Waals surface area contributed by atoms with Crippen molar-refractivity contribution in [3.05, 3.63) is 0 Å². The fraction of sp³-hybridized carbons (Fsp3) is 1.00. The molecule has 0 spiro atoms. The van der Waals surface area contributed by atoms with Crippen molar-refractivity contribution in [2.75, 3.05) is 6.61 Å². The first-order valence-corrected chi connectivity index (χ1v) is 1.52. The maximum atomic E-state index is 7.88. The van der Waals surface area contributed by atoms with Gasteiger partial charge in [0.05, 0.1) is 0 Å². The largest absolute Gasteiger partial charge is 0.396 e. The Morgan fingerprint density at radius 1 is 1.60 bits per heavy atom. The fourth-order valence-electron chi connectivity index (χ4n) is 0. The molecule has 0 aliphatic rings. The second kappa shape index (κ2) is 9.14. The van der Waals surface area contributed by atoms with Crippen LogP contribution in [0, 0.1) is 0 Å². The normalized spacial score (nSPS) is 6.00. The Morgan fingerprint density at radius 2 is 1.80 bits per heavy atom. The van der Waals surface area contributed by atoms with Crippen LogP contribution in [0.5, 0.6) is 0 Å². The van der Waals surface area contributed by atoms with Crippen molar-refractivity contribution in [1.29, 1.82) is 0 Å². The predicted octanol–water partition coefficient (Wildman–Crippen LogP) is 0.00790. The molecule has 0 rings (SSSR count). The summed E-state index contributed by atoms with van der Waals surface area (Å²) in [5.74, 6) is 0.